The molecule has 0 unspecified atom stereocenters. The van der Waals surface area contributed by atoms with Crippen LogP contribution in [0.4, 0.5) is 5.69 Å². The number of sulfonamides is 1. The summed E-state index contributed by atoms with van der Waals surface area (Å²) in [4.78, 5) is 34.5. The van der Waals surface area contributed by atoms with Gasteiger partial charge in [0.15, 0.2) is 0 Å². The molecule has 168 valence electrons. The summed E-state index contributed by atoms with van der Waals surface area (Å²) < 4.78 is 26.4. The minimum absolute atomic E-state index is 0.0249. The quantitative estimate of drug-likeness (QED) is 0.371. The third-order valence-corrected chi connectivity index (χ3v) is 6.95. The van der Waals surface area contributed by atoms with Gasteiger partial charge in [-0.2, -0.15) is 4.31 Å². The molecule has 2 amide bonds. The molecule has 0 aliphatic carbocycles. The first-order valence-corrected chi connectivity index (χ1v) is 11.3. The molecule has 1 fully saturated rings. The maximum Gasteiger partial charge on any atom is 0.288 e. The number of carbonyl (C=O) groups excluding carboxylic acids is 2. The van der Waals surface area contributed by atoms with Gasteiger partial charge in [-0.15, -0.1) is 0 Å². The summed E-state index contributed by atoms with van der Waals surface area (Å²) in [7, 11) is -3.58. The second kappa shape index (κ2) is 9.90. The first-order chi connectivity index (χ1) is 15.2. The lowest BCUT2D eigenvalue weighted by molar-refractivity contribution is -0.384. The van der Waals surface area contributed by atoms with Gasteiger partial charge in [0.2, 0.25) is 10.0 Å². The summed E-state index contributed by atoms with van der Waals surface area (Å²) in [5.41, 5.74) is 4.62. The van der Waals surface area contributed by atoms with Crippen molar-refractivity contribution < 1.29 is 22.9 Å². The van der Waals surface area contributed by atoms with Crippen LogP contribution in [-0.2, 0) is 14.8 Å². The van der Waals surface area contributed by atoms with E-state index in [9.17, 15) is 28.1 Å². The first kappa shape index (κ1) is 23.4. The highest BCUT2D eigenvalue weighted by Gasteiger charge is 2.27. The Bertz CT molecular complexity index is 1180. The molecule has 2 N–H and O–H groups in total. The summed E-state index contributed by atoms with van der Waals surface area (Å²) in [5.74, 6) is -1.32. The lowest BCUT2D eigenvalue weighted by atomic mass is 10.2. The van der Waals surface area contributed by atoms with Crippen molar-refractivity contribution in [2.24, 2.45) is 0 Å². The van der Waals surface area contributed by atoms with E-state index in [4.69, 9.17) is 11.6 Å². The number of amides is 2. The van der Waals surface area contributed by atoms with Crippen molar-refractivity contribution in [3.63, 3.8) is 0 Å². The van der Waals surface area contributed by atoms with Crippen molar-refractivity contribution in [1.29, 1.82) is 0 Å². The number of carbonyl (C=O) groups is 2. The predicted octanol–water partition coefficient (Wildman–Crippen LogP) is 2.51. The van der Waals surface area contributed by atoms with E-state index in [0.717, 1.165) is 18.9 Å². The van der Waals surface area contributed by atoms with Crippen LogP contribution in [0, 0.1) is 10.1 Å². The fourth-order valence-electron chi connectivity index (χ4n) is 3.03. The monoisotopic (exact) mass is 478 g/mol. The predicted molar refractivity (Wildman–Crippen MR) is 117 cm³/mol. The maximum absolute atomic E-state index is 12.5. The number of nitro benzene ring substituents is 1. The second-order valence-electron chi connectivity index (χ2n) is 6.88. The fraction of sp³-hybridized carbons (Fsp3) is 0.200. The minimum atomic E-state index is -3.58. The van der Waals surface area contributed by atoms with Gasteiger partial charge in [-0.05, 0) is 54.8 Å². The summed E-state index contributed by atoms with van der Waals surface area (Å²) in [6, 6.07) is 9.44. The van der Waals surface area contributed by atoms with Gasteiger partial charge in [0, 0.05) is 30.8 Å². The Balaban J connectivity index is 1.57. The molecule has 3 rings (SSSR count). The fourth-order valence-corrected chi connectivity index (χ4v) is 4.74. The van der Waals surface area contributed by atoms with E-state index in [0.29, 0.717) is 18.7 Å². The molecule has 1 aliphatic heterocycles. The van der Waals surface area contributed by atoms with Crippen LogP contribution >= 0.6 is 11.6 Å². The van der Waals surface area contributed by atoms with Crippen LogP contribution in [0.2, 0.25) is 5.02 Å². The number of rotatable bonds is 6. The summed E-state index contributed by atoms with van der Waals surface area (Å²) in [6.45, 7) is 0.959. The van der Waals surface area contributed by atoms with E-state index in [1.807, 2.05) is 0 Å². The van der Waals surface area contributed by atoms with E-state index in [1.165, 1.54) is 52.8 Å². The van der Waals surface area contributed by atoms with E-state index < -0.39 is 26.8 Å². The van der Waals surface area contributed by atoms with Gasteiger partial charge < -0.3 is 0 Å². The van der Waals surface area contributed by atoms with Crippen LogP contribution in [0.15, 0.2) is 53.4 Å². The number of benzene rings is 2. The van der Waals surface area contributed by atoms with Gasteiger partial charge >= 0.3 is 0 Å². The van der Waals surface area contributed by atoms with Crippen LogP contribution in [0.25, 0.3) is 6.08 Å². The van der Waals surface area contributed by atoms with Crippen LogP contribution in [0.1, 0.15) is 28.8 Å². The molecule has 1 heterocycles. The number of nitrogens with zero attached hydrogens (tertiary/aromatic N) is 2. The molecule has 0 spiro atoms. The zero-order valence-electron chi connectivity index (χ0n) is 16.7. The van der Waals surface area contributed by atoms with Crippen LogP contribution in [0.5, 0.6) is 0 Å². The Morgan fingerprint density at radius 1 is 1.06 bits per heavy atom. The number of hydrogen-bond acceptors (Lipinski definition) is 6. The van der Waals surface area contributed by atoms with Gasteiger partial charge in [-0.25, -0.2) is 8.42 Å². The SMILES string of the molecule is O=C(/C=C/c1ccc(Cl)c([N+](=O)[O-])c1)NNC(=O)c1ccc(S(=O)(=O)N2CCCC2)cc1. The summed E-state index contributed by atoms with van der Waals surface area (Å²) in [5, 5.41) is 10.9. The van der Waals surface area contributed by atoms with Crippen molar-refractivity contribution >= 4 is 45.2 Å². The maximum atomic E-state index is 12.5. The Hall–Kier alpha value is -3.28. The molecule has 10 nitrogen and oxygen atoms in total. The Kier molecular flexibility index (Phi) is 7.23. The Morgan fingerprint density at radius 2 is 1.72 bits per heavy atom. The topological polar surface area (TPSA) is 139 Å². The number of hydrogen-bond donors (Lipinski definition) is 2. The molecule has 0 bridgehead atoms. The van der Waals surface area contributed by atoms with Crippen molar-refractivity contribution in [3.05, 3.63) is 74.8 Å². The summed E-state index contributed by atoms with van der Waals surface area (Å²) >= 11 is 5.74. The normalized spacial score (nSPS) is 14.4. The molecular weight excluding hydrogens is 460 g/mol. The molecule has 32 heavy (non-hydrogen) atoms. The molecule has 1 aliphatic rings. The number of nitro groups is 1. The van der Waals surface area contributed by atoms with Gasteiger partial charge in [0.25, 0.3) is 17.5 Å². The average molecular weight is 479 g/mol. The van der Waals surface area contributed by atoms with Crippen molar-refractivity contribution in [2.75, 3.05) is 13.1 Å². The molecule has 12 heteroatoms. The van der Waals surface area contributed by atoms with E-state index in [-0.39, 0.29) is 21.2 Å². The van der Waals surface area contributed by atoms with Crippen LogP contribution in [0.3, 0.4) is 0 Å². The standard InChI is InChI=1S/C20H19ClN4O6S/c21-17-9-3-14(13-18(17)25(28)29)4-10-19(26)22-23-20(27)15-5-7-16(8-6-15)32(30,31)24-11-1-2-12-24/h3-10,13H,1-2,11-12H2,(H,22,26)(H,23,27)/b10-4+. The molecule has 0 radical (unpaired) electrons. The van der Waals surface area contributed by atoms with Crippen molar-refractivity contribution in [2.45, 2.75) is 17.7 Å². The Morgan fingerprint density at radius 3 is 2.34 bits per heavy atom. The average Bonchev–Trinajstić information content (AvgIpc) is 3.32. The zero-order chi connectivity index (χ0) is 23.3. The first-order valence-electron chi connectivity index (χ1n) is 9.51. The molecule has 0 atom stereocenters. The highest BCUT2D eigenvalue weighted by atomic mass is 35.5. The van der Waals surface area contributed by atoms with E-state index in [1.54, 1.807) is 0 Å². The third-order valence-electron chi connectivity index (χ3n) is 4.71. The van der Waals surface area contributed by atoms with Crippen LogP contribution < -0.4 is 10.9 Å². The number of halogens is 1. The van der Waals surface area contributed by atoms with E-state index in [2.05, 4.69) is 10.9 Å². The highest BCUT2D eigenvalue weighted by molar-refractivity contribution is 7.89. The van der Waals surface area contributed by atoms with Gasteiger partial charge in [-0.3, -0.25) is 30.6 Å². The zero-order valence-corrected chi connectivity index (χ0v) is 18.2. The van der Waals surface area contributed by atoms with Gasteiger partial charge in [0.1, 0.15) is 5.02 Å². The molecular formula is C20H19ClN4O6S. The third kappa shape index (κ3) is 5.49. The second-order valence-corrected chi connectivity index (χ2v) is 9.23. The van der Waals surface area contributed by atoms with Gasteiger partial charge in [0.05, 0.1) is 9.82 Å². The highest BCUT2D eigenvalue weighted by Crippen LogP contribution is 2.25. The lowest BCUT2D eigenvalue weighted by Crippen LogP contribution is -2.40. The smallest absolute Gasteiger partial charge is 0.268 e. The van der Waals surface area contributed by atoms with Crippen molar-refractivity contribution in [1.82, 2.24) is 15.2 Å². The number of nitrogens with one attached hydrogen (secondary N) is 2. The molecule has 2 aromatic carbocycles. The molecule has 1 saturated heterocycles. The van der Waals surface area contributed by atoms with E-state index >= 15 is 0 Å². The summed E-state index contributed by atoms with van der Waals surface area (Å²) in [6.07, 6.45) is 4.05. The minimum Gasteiger partial charge on any atom is -0.268 e. The number of hydrazine groups is 1. The lowest BCUT2D eigenvalue weighted by Gasteiger charge is -2.15. The molecule has 0 saturated carbocycles. The van der Waals surface area contributed by atoms with Crippen LogP contribution in [-0.4, -0.2) is 42.6 Å². The molecule has 2 aromatic rings. The Labute approximate surface area is 189 Å². The van der Waals surface area contributed by atoms with Gasteiger partial charge in [-0.1, -0.05) is 17.7 Å². The largest absolute Gasteiger partial charge is 0.288 e. The molecule has 0 aromatic heterocycles. The van der Waals surface area contributed by atoms with Crippen molar-refractivity contribution in [3.8, 4) is 0 Å².